The summed E-state index contributed by atoms with van der Waals surface area (Å²) in [5.74, 6) is 0. The van der Waals surface area contributed by atoms with Crippen molar-refractivity contribution in [3.05, 3.63) is 131 Å². The molecule has 0 spiro atoms. The molecule has 1 saturated heterocycles. The van der Waals surface area contributed by atoms with Gasteiger partial charge in [-0.05, 0) is 46.4 Å². The average molecular weight is 433 g/mol. The van der Waals surface area contributed by atoms with Crippen LogP contribution in [0.3, 0.4) is 0 Å². The fourth-order valence-electron chi connectivity index (χ4n) is 4.96. The van der Waals surface area contributed by atoms with Crippen molar-refractivity contribution in [2.75, 3.05) is 26.2 Å². The van der Waals surface area contributed by atoms with Crippen LogP contribution in [0, 0.1) is 6.92 Å². The molecule has 5 rings (SSSR count). The summed E-state index contributed by atoms with van der Waals surface area (Å²) in [6.07, 6.45) is 0. The van der Waals surface area contributed by atoms with Gasteiger partial charge in [-0.3, -0.25) is 9.80 Å². The number of benzene rings is 4. The van der Waals surface area contributed by atoms with Crippen LogP contribution in [0.1, 0.15) is 28.3 Å². The summed E-state index contributed by atoms with van der Waals surface area (Å²) in [7, 11) is 0. The third-order valence-electron chi connectivity index (χ3n) is 6.85. The minimum absolute atomic E-state index is 0.317. The van der Waals surface area contributed by atoms with E-state index in [-0.39, 0.29) is 0 Å². The molecule has 33 heavy (non-hydrogen) atoms. The van der Waals surface area contributed by atoms with E-state index in [2.05, 4.69) is 126 Å². The lowest BCUT2D eigenvalue weighted by Gasteiger charge is -2.40. The maximum absolute atomic E-state index is 2.65. The summed E-state index contributed by atoms with van der Waals surface area (Å²) in [5.41, 5.74) is 8.17. The molecule has 0 saturated carbocycles. The first-order chi connectivity index (χ1) is 16.3. The summed E-state index contributed by atoms with van der Waals surface area (Å²) < 4.78 is 0. The van der Waals surface area contributed by atoms with Crippen LogP contribution in [0.15, 0.2) is 109 Å². The zero-order chi connectivity index (χ0) is 22.5. The topological polar surface area (TPSA) is 6.48 Å². The van der Waals surface area contributed by atoms with E-state index in [1.165, 1.54) is 33.4 Å². The van der Waals surface area contributed by atoms with Crippen molar-refractivity contribution in [3.8, 4) is 11.1 Å². The Bertz CT molecular complexity index is 1110. The molecule has 1 fully saturated rings. The Balaban J connectivity index is 1.30. The van der Waals surface area contributed by atoms with Crippen molar-refractivity contribution in [3.63, 3.8) is 0 Å². The molecule has 1 heterocycles. The Labute approximate surface area is 198 Å². The largest absolute Gasteiger partial charge is 0.297 e. The predicted octanol–water partition coefficient (Wildman–Crippen LogP) is 6.57. The van der Waals surface area contributed by atoms with E-state index < -0.39 is 0 Å². The van der Waals surface area contributed by atoms with Gasteiger partial charge in [0.05, 0.1) is 6.04 Å². The van der Waals surface area contributed by atoms with Crippen molar-refractivity contribution >= 4 is 0 Å². The molecule has 0 amide bonds. The van der Waals surface area contributed by atoms with Crippen LogP contribution in [-0.4, -0.2) is 36.0 Å². The molecule has 1 aliphatic rings. The Morgan fingerprint density at radius 1 is 0.606 bits per heavy atom. The van der Waals surface area contributed by atoms with Gasteiger partial charge in [0.2, 0.25) is 0 Å². The van der Waals surface area contributed by atoms with Gasteiger partial charge >= 0.3 is 0 Å². The highest BCUT2D eigenvalue weighted by Crippen LogP contribution is 2.30. The Morgan fingerprint density at radius 3 is 1.73 bits per heavy atom. The van der Waals surface area contributed by atoms with E-state index in [1.807, 2.05) is 0 Å². The van der Waals surface area contributed by atoms with Crippen LogP contribution in [-0.2, 0) is 6.54 Å². The summed E-state index contributed by atoms with van der Waals surface area (Å²) in [5, 5.41) is 0. The highest BCUT2D eigenvalue weighted by atomic mass is 15.3. The van der Waals surface area contributed by atoms with E-state index >= 15 is 0 Å². The Hall–Kier alpha value is -3.20. The molecule has 166 valence electrons. The maximum atomic E-state index is 2.65. The molecular formula is C31H32N2. The molecule has 2 heteroatoms. The van der Waals surface area contributed by atoms with Crippen LogP contribution < -0.4 is 0 Å². The minimum atomic E-state index is 0.317. The molecule has 0 bridgehead atoms. The van der Waals surface area contributed by atoms with Gasteiger partial charge in [0.1, 0.15) is 0 Å². The zero-order valence-electron chi connectivity index (χ0n) is 19.4. The number of aryl methyl sites for hydroxylation is 1. The van der Waals surface area contributed by atoms with Crippen LogP contribution in [0.4, 0.5) is 0 Å². The van der Waals surface area contributed by atoms with Crippen molar-refractivity contribution in [2.45, 2.75) is 19.5 Å². The van der Waals surface area contributed by atoms with Gasteiger partial charge in [-0.15, -0.1) is 0 Å². The molecule has 0 radical (unpaired) electrons. The van der Waals surface area contributed by atoms with Crippen LogP contribution >= 0.6 is 0 Å². The normalized spacial score (nSPS) is 15.1. The highest BCUT2D eigenvalue weighted by Gasteiger charge is 2.26. The van der Waals surface area contributed by atoms with E-state index in [0.29, 0.717) is 6.04 Å². The third-order valence-corrected chi connectivity index (χ3v) is 6.85. The highest BCUT2D eigenvalue weighted by molar-refractivity contribution is 5.64. The zero-order valence-corrected chi connectivity index (χ0v) is 19.4. The van der Waals surface area contributed by atoms with Gasteiger partial charge in [0.25, 0.3) is 0 Å². The van der Waals surface area contributed by atoms with Crippen molar-refractivity contribution in [1.82, 2.24) is 9.80 Å². The number of rotatable bonds is 6. The molecule has 0 aromatic heterocycles. The number of hydrogen-bond donors (Lipinski definition) is 0. The van der Waals surface area contributed by atoms with Crippen LogP contribution in [0.25, 0.3) is 11.1 Å². The third kappa shape index (κ3) is 5.08. The fraction of sp³-hybridized carbons (Fsp3) is 0.226. The molecule has 0 N–H and O–H groups in total. The van der Waals surface area contributed by atoms with E-state index in [9.17, 15) is 0 Å². The van der Waals surface area contributed by atoms with E-state index in [0.717, 1.165) is 32.7 Å². The summed E-state index contributed by atoms with van der Waals surface area (Å²) >= 11 is 0. The smallest absolute Gasteiger partial charge is 0.0602 e. The number of piperazine rings is 1. The fourth-order valence-corrected chi connectivity index (χ4v) is 4.96. The molecule has 4 aromatic carbocycles. The lowest BCUT2D eigenvalue weighted by molar-refractivity contribution is 0.105. The second-order valence-corrected chi connectivity index (χ2v) is 9.04. The summed E-state index contributed by atoms with van der Waals surface area (Å²) in [6.45, 7) is 7.58. The standard InChI is InChI=1S/C31H32N2/c1-25-17-18-29(26-11-5-2-6-12-26)23-30(25)24-32-19-21-33(22-20-32)31(27-13-7-3-8-14-27)28-15-9-4-10-16-28/h2-18,23,31H,19-22,24H2,1H3. The first kappa shape index (κ1) is 21.6. The van der Waals surface area contributed by atoms with Gasteiger partial charge in [0.15, 0.2) is 0 Å². The second kappa shape index (κ2) is 10.2. The first-order valence-electron chi connectivity index (χ1n) is 12.0. The number of hydrogen-bond acceptors (Lipinski definition) is 2. The predicted molar refractivity (Wildman–Crippen MR) is 138 cm³/mol. The molecule has 4 aromatic rings. The first-order valence-corrected chi connectivity index (χ1v) is 12.0. The molecular weight excluding hydrogens is 400 g/mol. The summed E-state index contributed by atoms with van der Waals surface area (Å²) in [4.78, 5) is 5.26. The molecule has 1 aliphatic heterocycles. The lowest BCUT2D eigenvalue weighted by atomic mass is 9.96. The van der Waals surface area contributed by atoms with Crippen molar-refractivity contribution in [2.24, 2.45) is 0 Å². The molecule has 0 aliphatic carbocycles. The maximum Gasteiger partial charge on any atom is 0.0602 e. The van der Waals surface area contributed by atoms with Gasteiger partial charge in [-0.25, -0.2) is 0 Å². The monoisotopic (exact) mass is 432 g/mol. The van der Waals surface area contributed by atoms with Crippen molar-refractivity contribution in [1.29, 1.82) is 0 Å². The van der Waals surface area contributed by atoms with E-state index in [4.69, 9.17) is 0 Å². The summed E-state index contributed by atoms with van der Waals surface area (Å²) in [6, 6.07) is 39.8. The quantitative estimate of drug-likeness (QED) is 0.340. The van der Waals surface area contributed by atoms with Gasteiger partial charge < -0.3 is 0 Å². The van der Waals surface area contributed by atoms with Gasteiger partial charge in [0, 0.05) is 32.7 Å². The molecule has 2 nitrogen and oxygen atoms in total. The second-order valence-electron chi connectivity index (χ2n) is 9.04. The minimum Gasteiger partial charge on any atom is -0.297 e. The lowest BCUT2D eigenvalue weighted by Crippen LogP contribution is -2.47. The van der Waals surface area contributed by atoms with Crippen molar-refractivity contribution < 1.29 is 0 Å². The number of nitrogens with zero attached hydrogens (tertiary/aromatic N) is 2. The van der Waals surface area contributed by atoms with Crippen LogP contribution in [0.2, 0.25) is 0 Å². The Kier molecular flexibility index (Phi) is 6.66. The van der Waals surface area contributed by atoms with Gasteiger partial charge in [-0.1, -0.05) is 103 Å². The van der Waals surface area contributed by atoms with Crippen LogP contribution in [0.5, 0.6) is 0 Å². The SMILES string of the molecule is Cc1ccc(-c2ccccc2)cc1CN1CCN(C(c2ccccc2)c2ccccc2)CC1. The average Bonchev–Trinajstić information content (AvgIpc) is 2.88. The molecule has 0 atom stereocenters. The molecule has 0 unspecified atom stereocenters. The van der Waals surface area contributed by atoms with Gasteiger partial charge in [-0.2, -0.15) is 0 Å². The van der Waals surface area contributed by atoms with E-state index in [1.54, 1.807) is 0 Å². The Morgan fingerprint density at radius 2 is 1.15 bits per heavy atom.